The van der Waals surface area contributed by atoms with Gasteiger partial charge in [0, 0.05) is 7.11 Å². The first-order valence-corrected chi connectivity index (χ1v) is 14.7. The lowest BCUT2D eigenvalue weighted by molar-refractivity contribution is -0.208. The second-order valence-corrected chi connectivity index (χ2v) is 12.3. The molecule has 36 heavy (non-hydrogen) atoms. The van der Waals surface area contributed by atoms with Crippen molar-refractivity contribution in [1.29, 1.82) is 0 Å². The van der Waals surface area contributed by atoms with Crippen LogP contribution in [0.4, 0.5) is 13.2 Å². The highest BCUT2D eigenvalue weighted by Crippen LogP contribution is 2.70. The number of aliphatic hydroxyl groups excluding tert-OH is 1. The predicted molar refractivity (Wildman–Crippen MR) is 146 cm³/mol. The largest absolute Gasteiger partial charge is 0.391 e. The van der Waals surface area contributed by atoms with E-state index >= 15 is 0 Å². The summed E-state index contributed by atoms with van der Waals surface area (Å²) in [7, 11) is 1.65. The second kappa shape index (κ2) is 13.2. The average molecular weight is 521 g/mol. The molecule has 216 valence electrons. The molecule has 11 atom stereocenters. The summed E-state index contributed by atoms with van der Waals surface area (Å²) in [6.07, 6.45) is 2.14. The molecule has 4 fully saturated rings. The molecule has 4 rings (SSSR count). The van der Waals surface area contributed by atoms with Crippen molar-refractivity contribution in [3.8, 4) is 0 Å². The van der Waals surface area contributed by atoms with Crippen LogP contribution in [0, 0.1) is 58.2 Å². The maximum atomic E-state index is 13.5. The highest BCUT2D eigenvalue weighted by molar-refractivity contribution is 5.12. The Kier molecular flexibility index (Phi) is 12.3. The van der Waals surface area contributed by atoms with Gasteiger partial charge in [-0.15, -0.1) is 0 Å². The number of hydrogen-bond donors (Lipinski definition) is 1. The summed E-state index contributed by atoms with van der Waals surface area (Å²) in [4.78, 5) is 0. The zero-order valence-corrected chi connectivity index (χ0v) is 24.0. The van der Waals surface area contributed by atoms with Crippen LogP contribution in [0.1, 0.15) is 114 Å². The fourth-order valence-corrected chi connectivity index (χ4v) is 9.59. The molecular weight excluding hydrogens is 461 g/mol. The van der Waals surface area contributed by atoms with E-state index in [1.165, 1.54) is 0 Å². The highest BCUT2D eigenvalue weighted by Gasteiger charge is 2.64. The summed E-state index contributed by atoms with van der Waals surface area (Å²) < 4.78 is 45.6. The Morgan fingerprint density at radius 2 is 1.50 bits per heavy atom. The smallest absolute Gasteiger partial charge is 0.391 e. The van der Waals surface area contributed by atoms with Crippen LogP contribution in [0.25, 0.3) is 0 Å². The number of fused-ring (bicyclic) bond motifs is 5. The van der Waals surface area contributed by atoms with Gasteiger partial charge < -0.3 is 9.84 Å². The van der Waals surface area contributed by atoms with Gasteiger partial charge in [-0.2, -0.15) is 13.2 Å². The first kappa shape index (κ1) is 33.7. The van der Waals surface area contributed by atoms with E-state index in [0.29, 0.717) is 55.0 Å². The van der Waals surface area contributed by atoms with Crippen LogP contribution in [0.5, 0.6) is 0 Å². The lowest BCUT2D eigenvalue weighted by Crippen LogP contribution is -2.55. The van der Waals surface area contributed by atoms with Crippen molar-refractivity contribution in [1.82, 2.24) is 0 Å². The molecule has 0 aromatic carbocycles. The Hall–Kier alpha value is -0.290. The lowest BCUT2D eigenvalue weighted by Gasteiger charge is -2.61. The third kappa shape index (κ3) is 5.97. The summed E-state index contributed by atoms with van der Waals surface area (Å²) in [6, 6.07) is 0. The van der Waals surface area contributed by atoms with E-state index < -0.39 is 18.2 Å². The van der Waals surface area contributed by atoms with E-state index in [2.05, 4.69) is 27.7 Å². The van der Waals surface area contributed by atoms with Gasteiger partial charge in [0.15, 0.2) is 0 Å². The van der Waals surface area contributed by atoms with Gasteiger partial charge in [0.2, 0.25) is 0 Å². The SMILES string of the molecule is C.CC.CC.COCC(O)CC1[C@@H](C)[C@@H](C)C2[C@@H]3CC[C@@H]4C[C@@H](C(F)(F)F)CC[C@]4(C)C3CC[C@]12C. The number of aliphatic hydroxyl groups is 1. The molecule has 4 saturated carbocycles. The molecule has 0 aromatic heterocycles. The first-order chi connectivity index (χ1) is 16.4. The van der Waals surface area contributed by atoms with E-state index in [1.54, 1.807) is 7.11 Å². The third-order valence-electron chi connectivity index (χ3n) is 11.2. The third-order valence-corrected chi connectivity index (χ3v) is 11.2. The molecule has 0 amide bonds. The van der Waals surface area contributed by atoms with Crippen molar-refractivity contribution in [2.24, 2.45) is 58.2 Å². The van der Waals surface area contributed by atoms with Crippen molar-refractivity contribution in [2.75, 3.05) is 13.7 Å². The Morgan fingerprint density at radius 3 is 2.06 bits per heavy atom. The van der Waals surface area contributed by atoms with E-state index in [0.717, 1.165) is 38.5 Å². The molecular formula is C31H59F3O2. The van der Waals surface area contributed by atoms with Crippen LogP contribution in [-0.4, -0.2) is 31.1 Å². The van der Waals surface area contributed by atoms with Gasteiger partial charge in [0.1, 0.15) is 0 Å². The van der Waals surface area contributed by atoms with Crippen LogP contribution in [0.3, 0.4) is 0 Å². The molecule has 0 aromatic rings. The normalized spacial score (nSPS) is 44.2. The quantitative estimate of drug-likeness (QED) is 0.400. The number of ether oxygens (including phenoxy) is 1. The zero-order valence-electron chi connectivity index (χ0n) is 24.0. The van der Waals surface area contributed by atoms with Crippen LogP contribution in [0.15, 0.2) is 0 Å². The minimum absolute atomic E-state index is 0. The molecule has 1 N–H and O–H groups in total. The number of rotatable bonds is 4. The number of alkyl halides is 3. The predicted octanol–water partition coefficient (Wildman–Crippen LogP) is 9.40. The van der Waals surface area contributed by atoms with Crippen molar-refractivity contribution in [2.45, 2.75) is 126 Å². The first-order valence-electron chi connectivity index (χ1n) is 14.7. The summed E-state index contributed by atoms with van der Waals surface area (Å²) >= 11 is 0. The molecule has 0 aliphatic heterocycles. The fourth-order valence-electron chi connectivity index (χ4n) is 9.59. The Balaban J connectivity index is 0.00000123. The van der Waals surface area contributed by atoms with E-state index in [9.17, 15) is 18.3 Å². The van der Waals surface area contributed by atoms with Gasteiger partial charge in [-0.1, -0.05) is 62.8 Å². The molecule has 4 unspecified atom stereocenters. The van der Waals surface area contributed by atoms with Gasteiger partial charge in [0.25, 0.3) is 0 Å². The van der Waals surface area contributed by atoms with Gasteiger partial charge in [-0.3, -0.25) is 0 Å². The number of methoxy groups -OCH3 is 1. The fraction of sp³-hybridized carbons (Fsp3) is 1.00. The minimum Gasteiger partial charge on any atom is -0.391 e. The van der Waals surface area contributed by atoms with E-state index in [4.69, 9.17) is 4.74 Å². The Labute approximate surface area is 221 Å². The maximum absolute atomic E-state index is 13.5. The summed E-state index contributed by atoms with van der Waals surface area (Å²) in [5, 5.41) is 10.5. The molecule has 2 nitrogen and oxygen atoms in total. The molecule has 4 aliphatic carbocycles. The molecule has 4 aliphatic rings. The maximum Gasteiger partial charge on any atom is 0.391 e. The van der Waals surface area contributed by atoms with Crippen molar-refractivity contribution < 1.29 is 23.0 Å². The second-order valence-electron chi connectivity index (χ2n) is 12.3. The van der Waals surface area contributed by atoms with E-state index in [-0.39, 0.29) is 24.2 Å². The van der Waals surface area contributed by atoms with Crippen LogP contribution in [-0.2, 0) is 4.74 Å². The molecule has 0 saturated heterocycles. The molecule has 0 bridgehead atoms. The molecule has 5 heteroatoms. The van der Waals surface area contributed by atoms with Crippen LogP contribution >= 0.6 is 0 Å². The summed E-state index contributed by atoms with van der Waals surface area (Å²) in [6.45, 7) is 18.0. The molecule has 0 spiro atoms. The molecule has 0 radical (unpaired) electrons. The molecule has 0 heterocycles. The number of hydrogen-bond acceptors (Lipinski definition) is 2. The van der Waals surface area contributed by atoms with Gasteiger partial charge in [-0.25, -0.2) is 0 Å². The van der Waals surface area contributed by atoms with E-state index in [1.807, 2.05) is 27.7 Å². The van der Waals surface area contributed by atoms with Gasteiger partial charge in [-0.05, 0) is 104 Å². The Morgan fingerprint density at radius 1 is 0.917 bits per heavy atom. The van der Waals surface area contributed by atoms with Gasteiger partial charge in [0.05, 0.1) is 18.6 Å². The van der Waals surface area contributed by atoms with Crippen LogP contribution < -0.4 is 0 Å². The number of halogens is 3. The van der Waals surface area contributed by atoms with Crippen molar-refractivity contribution in [3.63, 3.8) is 0 Å². The standard InChI is InChI=1S/C26H43F3O2.2C2H6.CH4/c1-15-16(2)23-20-7-6-17-12-18(26(27,28)29)8-10-24(17,3)21(20)9-11-25(23,4)22(15)13-19(30)14-31-5;2*1-2;/h15-23,30H,6-14H2,1-5H3;2*1-2H3;1H4/t15-,16+,17+,18-,19?,20+,21?,22?,23?,24-,25+;;;/m0.../s1. The minimum atomic E-state index is -4.03. The topological polar surface area (TPSA) is 29.5 Å². The average Bonchev–Trinajstić information content (AvgIpc) is 3.01. The zero-order chi connectivity index (χ0) is 26.8. The monoisotopic (exact) mass is 520 g/mol. The van der Waals surface area contributed by atoms with Gasteiger partial charge >= 0.3 is 6.18 Å². The lowest BCUT2D eigenvalue weighted by atomic mass is 9.43. The van der Waals surface area contributed by atoms with Crippen LogP contribution in [0.2, 0.25) is 0 Å². The summed E-state index contributed by atoms with van der Waals surface area (Å²) in [5.74, 6) is 2.61. The van der Waals surface area contributed by atoms with Crippen molar-refractivity contribution >= 4 is 0 Å². The summed E-state index contributed by atoms with van der Waals surface area (Å²) in [5.41, 5.74) is 0.295. The highest BCUT2D eigenvalue weighted by atomic mass is 19.4. The Bertz CT molecular complexity index is 652. The van der Waals surface area contributed by atoms with Crippen molar-refractivity contribution in [3.05, 3.63) is 0 Å².